The van der Waals surface area contributed by atoms with Crippen molar-refractivity contribution in [2.24, 2.45) is 11.8 Å². The number of benzene rings is 2. The van der Waals surface area contributed by atoms with Crippen LogP contribution >= 0.6 is 23.2 Å². The number of carbonyl (C=O) groups is 2. The van der Waals surface area contributed by atoms with Crippen molar-refractivity contribution in [3.63, 3.8) is 0 Å². The van der Waals surface area contributed by atoms with Crippen LogP contribution in [-0.4, -0.2) is 18.1 Å². The Morgan fingerprint density at radius 1 is 1.09 bits per heavy atom. The molecule has 2 aromatic carbocycles. The highest BCUT2D eigenvalue weighted by Crippen LogP contribution is 2.45. The van der Waals surface area contributed by atoms with E-state index in [4.69, 9.17) is 23.2 Å². The van der Waals surface area contributed by atoms with E-state index in [1.165, 1.54) is 36.4 Å². The number of carbonyl (C=O) groups excluding carboxylic acids is 2. The first-order chi connectivity index (χ1) is 15.0. The van der Waals surface area contributed by atoms with E-state index >= 15 is 0 Å². The average molecular weight is 487 g/mol. The molecule has 0 saturated heterocycles. The van der Waals surface area contributed by atoms with Crippen LogP contribution in [0.25, 0.3) is 0 Å². The number of aliphatic carboxylic acids is 1. The van der Waals surface area contributed by atoms with Gasteiger partial charge in [0, 0.05) is 11.0 Å². The number of halogens is 5. The zero-order valence-corrected chi connectivity index (χ0v) is 18.6. The summed E-state index contributed by atoms with van der Waals surface area (Å²) in [7, 11) is 0. The highest BCUT2D eigenvalue weighted by atomic mass is 35.5. The van der Waals surface area contributed by atoms with Crippen molar-refractivity contribution in [3.8, 4) is 0 Å². The number of rotatable bonds is 8. The Morgan fingerprint density at radius 2 is 1.69 bits per heavy atom. The fourth-order valence-electron chi connectivity index (χ4n) is 3.84. The van der Waals surface area contributed by atoms with E-state index < -0.39 is 29.9 Å². The molecule has 3 atom stereocenters. The van der Waals surface area contributed by atoms with Crippen molar-refractivity contribution in [1.82, 2.24) is 0 Å². The molecule has 0 heterocycles. The van der Waals surface area contributed by atoms with Gasteiger partial charge in [-0.25, -0.2) is 0 Å². The van der Waals surface area contributed by atoms with Gasteiger partial charge in [-0.15, -0.1) is 0 Å². The Balaban J connectivity index is 1.91. The fraction of sp³-hybridized carbons (Fsp3) is 0.391. The van der Waals surface area contributed by atoms with Crippen LogP contribution in [0.15, 0.2) is 42.5 Å². The van der Waals surface area contributed by atoms with Crippen LogP contribution in [0.4, 0.5) is 18.9 Å². The van der Waals surface area contributed by atoms with Crippen molar-refractivity contribution >= 4 is 40.8 Å². The van der Waals surface area contributed by atoms with E-state index in [0.29, 0.717) is 10.6 Å². The number of alkyl halides is 3. The van der Waals surface area contributed by atoms with Gasteiger partial charge in [0.05, 0.1) is 22.5 Å². The quantitative estimate of drug-likeness (QED) is 0.531. The number of nitrogens with one attached hydrogen (secondary N) is 1. The summed E-state index contributed by atoms with van der Waals surface area (Å²) in [6.07, 6.45) is -3.04. The third-order valence-electron chi connectivity index (χ3n) is 5.78. The van der Waals surface area contributed by atoms with Crippen molar-refractivity contribution in [3.05, 3.63) is 63.6 Å². The standard InChI is InChI=1S/C23H22Cl2F3NO3/c1-12(23(26,27)28)21(14-4-7-16(24)8-5-14)22(32)29-19-10-15(6-9-18(19)25)17(11-20(30)31)13-2-3-13/h4-10,12-13,17,21H,2-3,11H2,1H3,(H,29,32)(H,30,31)/p-1/t12-,17+,21?/m1/s1. The molecule has 1 aliphatic rings. The predicted octanol–water partition coefficient (Wildman–Crippen LogP) is 5.55. The van der Waals surface area contributed by atoms with Gasteiger partial charge in [0.25, 0.3) is 0 Å². The second-order valence-electron chi connectivity index (χ2n) is 8.11. The summed E-state index contributed by atoms with van der Waals surface area (Å²) in [6.45, 7) is 0.944. The number of carboxylic acid groups (broad SMARTS) is 1. The van der Waals surface area contributed by atoms with E-state index in [2.05, 4.69) is 5.32 Å². The van der Waals surface area contributed by atoms with Gasteiger partial charge in [-0.2, -0.15) is 13.2 Å². The molecule has 4 nitrogen and oxygen atoms in total. The lowest BCUT2D eigenvalue weighted by molar-refractivity contribution is -0.306. The molecule has 1 aliphatic carbocycles. The zero-order chi connectivity index (χ0) is 23.6. The summed E-state index contributed by atoms with van der Waals surface area (Å²) < 4.78 is 40.6. The molecular formula is C23H21Cl2F3NO3-. The molecule has 0 aromatic heterocycles. The Kier molecular flexibility index (Phi) is 7.40. The molecule has 1 amide bonds. The minimum absolute atomic E-state index is 0.131. The smallest absolute Gasteiger partial charge is 0.392 e. The van der Waals surface area contributed by atoms with Crippen LogP contribution in [0, 0.1) is 11.8 Å². The molecule has 1 fully saturated rings. The van der Waals surface area contributed by atoms with Crippen molar-refractivity contribution in [1.29, 1.82) is 0 Å². The highest BCUT2D eigenvalue weighted by molar-refractivity contribution is 6.33. The summed E-state index contributed by atoms with van der Waals surface area (Å²) in [6, 6.07) is 10.3. The first-order valence-electron chi connectivity index (χ1n) is 10.1. The normalized spacial score (nSPS) is 16.8. The van der Waals surface area contributed by atoms with Crippen LogP contribution in [0.2, 0.25) is 10.0 Å². The molecule has 32 heavy (non-hydrogen) atoms. The predicted molar refractivity (Wildman–Crippen MR) is 115 cm³/mol. The van der Waals surface area contributed by atoms with Crippen LogP contribution in [0.5, 0.6) is 0 Å². The van der Waals surface area contributed by atoms with Crippen LogP contribution < -0.4 is 10.4 Å². The monoisotopic (exact) mass is 486 g/mol. The summed E-state index contributed by atoms with van der Waals surface area (Å²) in [5, 5.41) is 14.2. The molecule has 1 saturated carbocycles. The summed E-state index contributed by atoms with van der Waals surface area (Å²) in [5.41, 5.74) is 0.937. The van der Waals surface area contributed by atoms with E-state index in [1.54, 1.807) is 6.07 Å². The summed E-state index contributed by atoms with van der Waals surface area (Å²) in [5.74, 6) is -5.69. The van der Waals surface area contributed by atoms with Crippen molar-refractivity contribution < 1.29 is 27.9 Å². The third-order valence-corrected chi connectivity index (χ3v) is 6.36. The molecule has 1 N–H and O–H groups in total. The Morgan fingerprint density at radius 3 is 2.22 bits per heavy atom. The van der Waals surface area contributed by atoms with Gasteiger partial charge in [0.2, 0.25) is 5.91 Å². The largest absolute Gasteiger partial charge is 0.550 e. The molecule has 1 unspecified atom stereocenters. The Labute approximate surface area is 193 Å². The van der Waals surface area contributed by atoms with Crippen LogP contribution in [0.1, 0.15) is 49.1 Å². The molecule has 9 heteroatoms. The highest BCUT2D eigenvalue weighted by Gasteiger charge is 2.45. The lowest BCUT2D eigenvalue weighted by Crippen LogP contribution is -2.34. The molecule has 0 bridgehead atoms. The second-order valence-corrected chi connectivity index (χ2v) is 8.95. The van der Waals surface area contributed by atoms with Gasteiger partial charge in [0.15, 0.2) is 0 Å². The summed E-state index contributed by atoms with van der Waals surface area (Å²) in [4.78, 5) is 24.2. The Bertz CT molecular complexity index is 991. The maximum Gasteiger partial charge on any atom is 0.392 e. The van der Waals surface area contributed by atoms with Gasteiger partial charge in [-0.3, -0.25) is 4.79 Å². The lowest BCUT2D eigenvalue weighted by atomic mass is 9.85. The average Bonchev–Trinajstić information content (AvgIpc) is 3.54. The number of hydrogen-bond acceptors (Lipinski definition) is 3. The lowest BCUT2D eigenvalue weighted by Gasteiger charge is -2.26. The van der Waals surface area contributed by atoms with E-state index in [9.17, 15) is 27.9 Å². The molecular weight excluding hydrogens is 466 g/mol. The molecule has 0 spiro atoms. The van der Waals surface area contributed by atoms with Crippen molar-refractivity contribution in [2.75, 3.05) is 5.32 Å². The molecule has 172 valence electrons. The number of hydrogen-bond donors (Lipinski definition) is 1. The number of carboxylic acids is 1. The fourth-order valence-corrected chi connectivity index (χ4v) is 4.13. The maximum atomic E-state index is 13.5. The van der Waals surface area contributed by atoms with E-state index in [1.807, 2.05) is 0 Å². The topological polar surface area (TPSA) is 69.2 Å². The van der Waals surface area contributed by atoms with E-state index in [0.717, 1.165) is 19.8 Å². The minimum atomic E-state index is -4.61. The van der Waals surface area contributed by atoms with E-state index in [-0.39, 0.29) is 34.5 Å². The molecule has 0 radical (unpaired) electrons. The first kappa shape index (κ1) is 24.4. The van der Waals surface area contributed by atoms with Crippen LogP contribution in [-0.2, 0) is 9.59 Å². The van der Waals surface area contributed by atoms with Gasteiger partial charge < -0.3 is 15.2 Å². The third kappa shape index (κ3) is 5.95. The summed E-state index contributed by atoms with van der Waals surface area (Å²) >= 11 is 12.0. The van der Waals surface area contributed by atoms with Gasteiger partial charge in [-0.1, -0.05) is 48.3 Å². The second kappa shape index (κ2) is 9.71. The maximum absolute atomic E-state index is 13.5. The Hall–Kier alpha value is -2.25. The molecule has 3 rings (SSSR count). The molecule has 0 aliphatic heterocycles. The number of amides is 1. The molecule has 2 aromatic rings. The first-order valence-corrected chi connectivity index (χ1v) is 10.8. The minimum Gasteiger partial charge on any atom is -0.550 e. The number of anilines is 1. The van der Waals surface area contributed by atoms with Gasteiger partial charge >= 0.3 is 6.18 Å². The van der Waals surface area contributed by atoms with Gasteiger partial charge in [0.1, 0.15) is 0 Å². The van der Waals surface area contributed by atoms with Crippen LogP contribution in [0.3, 0.4) is 0 Å². The van der Waals surface area contributed by atoms with Gasteiger partial charge in [-0.05, 0) is 66.5 Å². The van der Waals surface area contributed by atoms with Crippen molar-refractivity contribution in [2.45, 2.75) is 44.2 Å². The SMILES string of the molecule is C[C@H](C(C(=O)Nc1cc([C@@H](CC(=O)[O-])C2CC2)ccc1Cl)c1ccc(Cl)cc1)C(F)(F)F. The zero-order valence-electron chi connectivity index (χ0n) is 17.1.